The second-order valence-corrected chi connectivity index (χ2v) is 5.25. The summed E-state index contributed by atoms with van der Waals surface area (Å²) in [6, 6.07) is 0. The largest absolute Gasteiger partial charge is 0.325 e. The highest BCUT2D eigenvalue weighted by Crippen LogP contribution is 2.49. The summed E-state index contributed by atoms with van der Waals surface area (Å²) in [6.45, 7) is 4.70. The average Bonchev–Trinajstić information content (AvgIpc) is 2.61. The van der Waals surface area contributed by atoms with E-state index in [1.807, 2.05) is 0 Å². The second kappa shape index (κ2) is 2.73. The molecule has 2 aliphatic carbocycles. The Morgan fingerprint density at radius 1 is 1.25 bits per heavy atom. The Kier molecular flexibility index (Phi) is 1.95. The minimum Gasteiger partial charge on any atom is -0.325 e. The van der Waals surface area contributed by atoms with Gasteiger partial charge in [0.05, 0.1) is 0 Å². The van der Waals surface area contributed by atoms with Crippen LogP contribution in [0, 0.1) is 17.8 Å². The van der Waals surface area contributed by atoms with Crippen molar-refractivity contribution in [3.05, 3.63) is 0 Å². The van der Waals surface area contributed by atoms with E-state index in [2.05, 4.69) is 13.8 Å². The van der Waals surface area contributed by atoms with E-state index in [0.29, 0.717) is 5.54 Å². The van der Waals surface area contributed by atoms with E-state index in [-0.39, 0.29) is 0 Å². The van der Waals surface area contributed by atoms with Crippen LogP contribution in [0.1, 0.15) is 46.0 Å². The maximum Gasteiger partial charge on any atom is 0.0184 e. The summed E-state index contributed by atoms with van der Waals surface area (Å²) in [5.41, 5.74) is 6.51. The predicted octanol–water partition coefficient (Wildman–Crippen LogP) is 2.55. The molecule has 0 aromatic rings. The molecule has 2 saturated carbocycles. The van der Waals surface area contributed by atoms with Crippen molar-refractivity contribution in [1.29, 1.82) is 0 Å². The van der Waals surface area contributed by atoms with Crippen molar-refractivity contribution in [2.45, 2.75) is 51.5 Å². The Bertz CT molecular complexity index is 170. The Morgan fingerprint density at radius 3 is 2.33 bits per heavy atom. The van der Waals surface area contributed by atoms with Crippen LogP contribution in [0.15, 0.2) is 0 Å². The van der Waals surface area contributed by atoms with Gasteiger partial charge in [0.25, 0.3) is 0 Å². The summed E-state index contributed by atoms with van der Waals surface area (Å²) in [4.78, 5) is 0. The fourth-order valence-corrected chi connectivity index (χ4v) is 2.70. The van der Waals surface area contributed by atoms with Crippen molar-refractivity contribution in [3.63, 3.8) is 0 Å². The normalized spacial score (nSPS) is 39.0. The van der Waals surface area contributed by atoms with Gasteiger partial charge in [0, 0.05) is 5.54 Å². The molecule has 0 aromatic carbocycles. The molecule has 0 amide bonds. The highest BCUT2D eigenvalue weighted by molar-refractivity contribution is 5.06. The first-order valence-corrected chi connectivity index (χ1v) is 5.41. The number of rotatable bonds is 2. The third-order valence-corrected chi connectivity index (χ3v) is 4.06. The minimum atomic E-state index is 0.295. The highest BCUT2D eigenvalue weighted by atomic mass is 14.8. The fourth-order valence-electron chi connectivity index (χ4n) is 2.70. The summed E-state index contributed by atoms with van der Waals surface area (Å²) in [5.74, 6) is 2.71. The molecule has 0 radical (unpaired) electrons. The first-order chi connectivity index (χ1) is 5.62. The molecule has 0 heterocycles. The van der Waals surface area contributed by atoms with Crippen molar-refractivity contribution >= 4 is 0 Å². The Balaban J connectivity index is 1.90. The zero-order chi connectivity index (χ0) is 8.77. The van der Waals surface area contributed by atoms with Crippen molar-refractivity contribution < 1.29 is 0 Å². The summed E-state index contributed by atoms with van der Waals surface area (Å²) >= 11 is 0. The van der Waals surface area contributed by atoms with Gasteiger partial charge in [-0.05, 0) is 49.9 Å². The van der Waals surface area contributed by atoms with Gasteiger partial charge in [-0.1, -0.05) is 13.8 Å². The van der Waals surface area contributed by atoms with Gasteiger partial charge in [-0.25, -0.2) is 0 Å². The van der Waals surface area contributed by atoms with Gasteiger partial charge < -0.3 is 5.73 Å². The predicted molar refractivity (Wildman–Crippen MR) is 51.8 cm³/mol. The number of hydrogen-bond donors (Lipinski definition) is 1. The first-order valence-electron chi connectivity index (χ1n) is 5.41. The van der Waals surface area contributed by atoms with Gasteiger partial charge in [-0.15, -0.1) is 0 Å². The molecule has 1 heteroatoms. The van der Waals surface area contributed by atoms with Crippen LogP contribution in [0.25, 0.3) is 0 Å². The molecule has 2 fully saturated rings. The maximum absolute atomic E-state index is 6.21. The molecule has 2 rings (SSSR count). The van der Waals surface area contributed by atoms with Crippen LogP contribution in [0.2, 0.25) is 0 Å². The Morgan fingerprint density at radius 2 is 1.92 bits per heavy atom. The molecule has 0 bridgehead atoms. The lowest BCUT2D eigenvalue weighted by Gasteiger charge is -2.19. The quantitative estimate of drug-likeness (QED) is 0.672. The molecule has 1 nitrogen and oxygen atoms in total. The second-order valence-electron chi connectivity index (χ2n) is 5.25. The standard InChI is InChI=1S/C11H21N/c1-8(2)9-3-4-10(7-9)11(12)5-6-11/h8-10H,3-7,12H2,1-2H3. The van der Waals surface area contributed by atoms with Gasteiger partial charge in [-0.3, -0.25) is 0 Å². The first kappa shape index (κ1) is 8.55. The zero-order valence-electron chi connectivity index (χ0n) is 8.34. The Hall–Kier alpha value is -0.0400. The molecule has 2 unspecified atom stereocenters. The summed E-state index contributed by atoms with van der Waals surface area (Å²) < 4.78 is 0. The molecule has 0 spiro atoms. The lowest BCUT2D eigenvalue weighted by molar-refractivity contribution is 0.349. The van der Waals surface area contributed by atoms with Crippen LogP contribution in [-0.2, 0) is 0 Å². The molecule has 2 aliphatic rings. The van der Waals surface area contributed by atoms with Crippen LogP contribution in [0.5, 0.6) is 0 Å². The summed E-state index contributed by atoms with van der Waals surface area (Å²) in [7, 11) is 0. The Labute approximate surface area is 75.7 Å². The van der Waals surface area contributed by atoms with Gasteiger partial charge in [0.2, 0.25) is 0 Å². The molecule has 2 atom stereocenters. The van der Waals surface area contributed by atoms with E-state index in [4.69, 9.17) is 5.73 Å². The molecule has 0 aromatic heterocycles. The van der Waals surface area contributed by atoms with E-state index in [1.165, 1.54) is 32.1 Å². The summed E-state index contributed by atoms with van der Waals surface area (Å²) in [6.07, 6.45) is 6.83. The van der Waals surface area contributed by atoms with Crippen molar-refractivity contribution in [2.75, 3.05) is 0 Å². The maximum atomic E-state index is 6.21. The molecule has 70 valence electrons. The van der Waals surface area contributed by atoms with Crippen molar-refractivity contribution in [1.82, 2.24) is 0 Å². The van der Waals surface area contributed by atoms with E-state index in [9.17, 15) is 0 Å². The fraction of sp³-hybridized carbons (Fsp3) is 1.00. The summed E-state index contributed by atoms with van der Waals surface area (Å²) in [5, 5.41) is 0. The molecule has 0 aliphatic heterocycles. The highest BCUT2D eigenvalue weighted by Gasteiger charge is 2.48. The third kappa shape index (κ3) is 1.39. The average molecular weight is 167 g/mol. The lowest BCUT2D eigenvalue weighted by Crippen LogP contribution is -2.30. The minimum absolute atomic E-state index is 0.295. The van der Waals surface area contributed by atoms with Crippen LogP contribution < -0.4 is 5.73 Å². The van der Waals surface area contributed by atoms with Crippen molar-refractivity contribution in [2.24, 2.45) is 23.5 Å². The third-order valence-electron chi connectivity index (χ3n) is 4.06. The van der Waals surface area contributed by atoms with Gasteiger partial charge in [0.15, 0.2) is 0 Å². The zero-order valence-corrected chi connectivity index (χ0v) is 8.34. The molecule has 2 N–H and O–H groups in total. The smallest absolute Gasteiger partial charge is 0.0184 e. The molecule has 0 saturated heterocycles. The number of hydrogen-bond acceptors (Lipinski definition) is 1. The SMILES string of the molecule is CC(C)C1CCC(C2(N)CC2)C1. The van der Waals surface area contributed by atoms with Crippen LogP contribution >= 0.6 is 0 Å². The van der Waals surface area contributed by atoms with Crippen LogP contribution in [-0.4, -0.2) is 5.54 Å². The van der Waals surface area contributed by atoms with Gasteiger partial charge >= 0.3 is 0 Å². The lowest BCUT2D eigenvalue weighted by atomic mass is 9.90. The van der Waals surface area contributed by atoms with Crippen LogP contribution in [0.4, 0.5) is 0 Å². The van der Waals surface area contributed by atoms with E-state index in [1.54, 1.807) is 0 Å². The monoisotopic (exact) mass is 167 g/mol. The molecular weight excluding hydrogens is 146 g/mol. The molecule has 12 heavy (non-hydrogen) atoms. The number of nitrogens with two attached hydrogens (primary N) is 1. The van der Waals surface area contributed by atoms with Gasteiger partial charge in [0.1, 0.15) is 0 Å². The van der Waals surface area contributed by atoms with E-state index < -0.39 is 0 Å². The topological polar surface area (TPSA) is 26.0 Å². The molecular formula is C11H21N. The van der Waals surface area contributed by atoms with E-state index in [0.717, 1.165) is 17.8 Å². The van der Waals surface area contributed by atoms with Crippen LogP contribution in [0.3, 0.4) is 0 Å². The van der Waals surface area contributed by atoms with Crippen molar-refractivity contribution in [3.8, 4) is 0 Å². The van der Waals surface area contributed by atoms with Gasteiger partial charge in [-0.2, -0.15) is 0 Å². The van der Waals surface area contributed by atoms with E-state index >= 15 is 0 Å².